The summed E-state index contributed by atoms with van der Waals surface area (Å²) in [5, 5.41) is 0. The molecular weight excluding hydrogens is 494 g/mol. The van der Waals surface area contributed by atoms with Gasteiger partial charge in [0.1, 0.15) is 23.3 Å². The van der Waals surface area contributed by atoms with Crippen LogP contribution in [0.25, 0.3) is 16.9 Å². The lowest BCUT2D eigenvalue weighted by Crippen LogP contribution is -2.39. The van der Waals surface area contributed by atoms with E-state index in [-0.39, 0.29) is 23.3 Å². The van der Waals surface area contributed by atoms with Crippen LogP contribution in [0.2, 0.25) is 0 Å². The molecule has 1 aliphatic rings. The number of ether oxygens (including phenoxy) is 1. The number of nitrogens with two attached hydrogens (primary N) is 1. The third kappa shape index (κ3) is 5.85. The summed E-state index contributed by atoms with van der Waals surface area (Å²) in [6, 6.07) is 16.8. The lowest BCUT2D eigenvalue weighted by molar-refractivity contribution is -0.127. The van der Waals surface area contributed by atoms with Crippen LogP contribution in [0.15, 0.2) is 77.9 Å². The molecule has 0 aliphatic carbocycles. The molecule has 0 spiro atoms. The molecule has 3 heterocycles. The molecular formula is C29H33N7O3. The van der Waals surface area contributed by atoms with Gasteiger partial charge in [0.05, 0.1) is 5.69 Å². The van der Waals surface area contributed by atoms with Gasteiger partial charge in [0, 0.05) is 32.3 Å². The highest BCUT2D eigenvalue weighted by atomic mass is 16.5. The van der Waals surface area contributed by atoms with E-state index in [2.05, 4.69) is 9.97 Å². The number of benzene rings is 2. The average molecular weight is 528 g/mol. The zero-order valence-electron chi connectivity index (χ0n) is 22.2. The fraction of sp³-hybridized carbons (Fsp3) is 0.310. The van der Waals surface area contributed by atoms with Crippen molar-refractivity contribution >= 4 is 22.9 Å². The van der Waals surface area contributed by atoms with E-state index in [1.54, 1.807) is 15.2 Å². The third-order valence-electron chi connectivity index (χ3n) is 6.90. The lowest BCUT2D eigenvalue weighted by Gasteiger charge is -2.31. The molecule has 0 unspecified atom stereocenters. The minimum absolute atomic E-state index is 0.0317. The molecule has 2 aromatic carbocycles. The number of amides is 1. The summed E-state index contributed by atoms with van der Waals surface area (Å²) < 4.78 is 9.14. The number of nitrogen functional groups attached to an aromatic ring is 1. The van der Waals surface area contributed by atoms with Crippen molar-refractivity contribution in [2.75, 3.05) is 39.5 Å². The van der Waals surface area contributed by atoms with E-state index in [0.717, 1.165) is 25.1 Å². The first-order valence-electron chi connectivity index (χ1n) is 13.1. The van der Waals surface area contributed by atoms with Gasteiger partial charge >= 0.3 is 5.69 Å². The number of rotatable bonds is 8. The van der Waals surface area contributed by atoms with Gasteiger partial charge < -0.3 is 20.3 Å². The maximum Gasteiger partial charge on any atom is 0.335 e. The molecule has 0 atom stereocenters. The summed E-state index contributed by atoms with van der Waals surface area (Å²) in [7, 11) is 3.93. The van der Waals surface area contributed by atoms with Crippen molar-refractivity contribution in [2.24, 2.45) is 5.92 Å². The van der Waals surface area contributed by atoms with Gasteiger partial charge in [-0.15, -0.1) is 0 Å². The summed E-state index contributed by atoms with van der Waals surface area (Å²) in [5.41, 5.74) is 7.66. The molecule has 4 aromatic rings. The SMILES string of the molecule is CN(C)CC=CC(=O)N1CCC(Cn2c(=O)n(-c3ccc(Oc4ccccc4)cc3)c3c(N)ncnc32)CC1. The number of carbonyl (C=O) groups is 1. The van der Waals surface area contributed by atoms with Crippen molar-refractivity contribution < 1.29 is 9.53 Å². The normalized spacial score (nSPS) is 14.5. The van der Waals surface area contributed by atoms with Crippen LogP contribution >= 0.6 is 0 Å². The highest BCUT2D eigenvalue weighted by Crippen LogP contribution is 2.26. The third-order valence-corrected chi connectivity index (χ3v) is 6.90. The lowest BCUT2D eigenvalue weighted by atomic mass is 9.96. The second kappa shape index (κ2) is 11.5. The molecule has 10 heteroatoms. The summed E-state index contributed by atoms with van der Waals surface area (Å²) >= 11 is 0. The van der Waals surface area contributed by atoms with Crippen molar-refractivity contribution in [2.45, 2.75) is 19.4 Å². The Kier molecular flexibility index (Phi) is 7.74. The number of hydrogen-bond donors (Lipinski definition) is 1. The first-order chi connectivity index (χ1) is 18.9. The van der Waals surface area contributed by atoms with Crippen molar-refractivity contribution in [3.63, 3.8) is 0 Å². The first kappa shape index (κ1) is 26.2. The predicted molar refractivity (Wildman–Crippen MR) is 151 cm³/mol. The molecule has 0 radical (unpaired) electrons. The summed E-state index contributed by atoms with van der Waals surface area (Å²) in [4.78, 5) is 38.7. The Hall–Kier alpha value is -4.44. The number of hydrogen-bond acceptors (Lipinski definition) is 7. The second-order valence-electron chi connectivity index (χ2n) is 10.0. The van der Waals surface area contributed by atoms with Gasteiger partial charge in [0.25, 0.3) is 0 Å². The molecule has 10 nitrogen and oxygen atoms in total. The van der Waals surface area contributed by atoms with Gasteiger partial charge in [0.15, 0.2) is 11.5 Å². The Bertz CT molecular complexity index is 1520. The van der Waals surface area contributed by atoms with Gasteiger partial charge in [0.2, 0.25) is 5.91 Å². The standard InChI is InChI=1S/C29H33N7O3/c1-33(2)16-6-9-25(37)34-17-14-21(15-18-34)19-35-28-26(27(30)31-20-32-28)36(29(35)38)22-10-12-24(13-11-22)39-23-7-4-3-5-8-23/h3-13,20-21H,14-19H2,1-2H3,(H2,30,31,32). The van der Waals surface area contributed by atoms with E-state index >= 15 is 0 Å². The summed E-state index contributed by atoms with van der Waals surface area (Å²) in [5.74, 6) is 1.89. The molecule has 1 saturated heterocycles. The van der Waals surface area contributed by atoms with Crippen molar-refractivity contribution in [1.82, 2.24) is 28.9 Å². The molecule has 202 valence electrons. The van der Waals surface area contributed by atoms with E-state index in [4.69, 9.17) is 10.5 Å². The molecule has 1 aliphatic heterocycles. The maximum absolute atomic E-state index is 13.7. The van der Waals surface area contributed by atoms with Crippen LogP contribution in [0.5, 0.6) is 11.5 Å². The van der Waals surface area contributed by atoms with E-state index in [0.29, 0.717) is 42.2 Å². The highest BCUT2D eigenvalue weighted by molar-refractivity contribution is 5.87. The van der Waals surface area contributed by atoms with Crippen LogP contribution in [0.4, 0.5) is 5.82 Å². The van der Waals surface area contributed by atoms with Gasteiger partial charge in [-0.3, -0.25) is 13.9 Å². The van der Waals surface area contributed by atoms with E-state index in [1.807, 2.05) is 84.6 Å². The first-order valence-corrected chi connectivity index (χ1v) is 13.1. The topological polar surface area (TPSA) is 112 Å². The Morgan fingerprint density at radius 1 is 1.05 bits per heavy atom. The van der Waals surface area contributed by atoms with Crippen molar-refractivity contribution in [3.05, 3.63) is 83.6 Å². The Morgan fingerprint density at radius 2 is 1.74 bits per heavy atom. The number of piperidine rings is 1. The van der Waals surface area contributed by atoms with Gasteiger partial charge in [-0.25, -0.2) is 14.8 Å². The maximum atomic E-state index is 13.7. The quantitative estimate of drug-likeness (QED) is 0.350. The number of imidazole rings is 1. The van der Waals surface area contributed by atoms with Crippen LogP contribution < -0.4 is 16.2 Å². The molecule has 39 heavy (non-hydrogen) atoms. The zero-order chi connectivity index (χ0) is 27.4. The molecule has 5 rings (SSSR count). The number of nitrogens with zero attached hydrogens (tertiary/aromatic N) is 6. The average Bonchev–Trinajstić information content (AvgIpc) is 3.22. The number of para-hydroxylation sites is 1. The van der Waals surface area contributed by atoms with Gasteiger partial charge in [-0.1, -0.05) is 24.3 Å². The number of fused-ring (bicyclic) bond motifs is 1. The number of anilines is 1. The molecule has 1 amide bonds. The van der Waals surface area contributed by atoms with Gasteiger partial charge in [-0.05, 0) is 69.3 Å². The molecule has 0 bridgehead atoms. The molecule has 1 fully saturated rings. The molecule has 0 saturated carbocycles. The van der Waals surface area contributed by atoms with Crippen LogP contribution in [0.3, 0.4) is 0 Å². The Morgan fingerprint density at radius 3 is 2.44 bits per heavy atom. The van der Waals surface area contributed by atoms with Crippen LogP contribution in [-0.4, -0.2) is 68.5 Å². The smallest absolute Gasteiger partial charge is 0.335 e. The van der Waals surface area contributed by atoms with Gasteiger partial charge in [-0.2, -0.15) is 0 Å². The fourth-order valence-electron chi connectivity index (χ4n) is 4.86. The number of likely N-dealkylation sites (tertiary alicyclic amines) is 1. The van der Waals surface area contributed by atoms with Crippen LogP contribution in [0.1, 0.15) is 12.8 Å². The van der Waals surface area contributed by atoms with E-state index in [9.17, 15) is 9.59 Å². The summed E-state index contributed by atoms with van der Waals surface area (Å²) in [6.07, 6.45) is 6.52. The molecule has 2 aromatic heterocycles. The second-order valence-corrected chi connectivity index (χ2v) is 10.0. The molecule has 2 N–H and O–H groups in total. The number of likely N-dealkylation sites (N-methyl/N-ethyl adjacent to an activating group) is 1. The predicted octanol–water partition coefficient (Wildman–Crippen LogP) is 3.31. The minimum Gasteiger partial charge on any atom is -0.457 e. The van der Waals surface area contributed by atoms with Crippen molar-refractivity contribution in [1.29, 1.82) is 0 Å². The van der Waals surface area contributed by atoms with Crippen molar-refractivity contribution in [3.8, 4) is 17.2 Å². The van der Waals surface area contributed by atoms with E-state index < -0.39 is 0 Å². The number of aromatic nitrogens is 4. The Balaban J connectivity index is 1.35. The monoisotopic (exact) mass is 527 g/mol. The highest BCUT2D eigenvalue weighted by Gasteiger charge is 2.25. The largest absolute Gasteiger partial charge is 0.457 e. The minimum atomic E-state index is -0.223. The van der Waals surface area contributed by atoms with Crippen LogP contribution in [-0.2, 0) is 11.3 Å². The van der Waals surface area contributed by atoms with E-state index in [1.165, 1.54) is 6.33 Å². The summed E-state index contributed by atoms with van der Waals surface area (Å²) in [6.45, 7) is 2.53. The number of carbonyl (C=O) groups excluding carboxylic acids is 1. The zero-order valence-corrected chi connectivity index (χ0v) is 22.2. The van der Waals surface area contributed by atoms with Crippen LogP contribution in [0, 0.1) is 5.92 Å². The Labute approximate surface area is 226 Å². The fourth-order valence-corrected chi connectivity index (χ4v) is 4.86.